The highest BCUT2D eigenvalue weighted by molar-refractivity contribution is 6.19. The second-order valence-electron chi connectivity index (χ2n) is 7.32. The van der Waals surface area contributed by atoms with Crippen molar-refractivity contribution in [2.75, 3.05) is 6.61 Å². The lowest BCUT2D eigenvalue weighted by Crippen LogP contribution is -2.08. The molecule has 1 heterocycles. The Morgan fingerprint density at radius 2 is 1.75 bits per heavy atom. The van der Waals surface area contributed by atoms with E-state index in [-0.39, 0.29) is 5.97 Å². The number of aromatic nitrogens is 1. The summed E-state index contributed by atoms with van der Waals surface area (Å²) in [6.07, 6.45) is 1.88. The quantitative estimate of drug-likeness (QED) is 0.306. The third-order valence-electron chi connectivity index (χ3n) is 5.36. The Morgan fingerprint density at radius 1 is 1.00 bits per heavy atom. The molecular weight excluding hydrogens is 346 g/mol. The lowest BCUT2D eigenvalue weighted by Gasteiger charge is -2.11. The van der Waals surface area contributed by atoms with Crippen LogP contribution in [0.2, 0.25) is 0 Å². The molecule has 0 amide bonds. The molecule has 28 heavy (non-hydrogen) atoms. The van der Waals surface area contributed by atoms with Crippen LogP contribution >= 0.6 is 0 Å². The Bertz CT molecular complexity index is 1150. The normalized spacial score (nSPS) is 11.2. The summed E-state index contributed by atoms with van der Waals surface area (Å²) in [6.45, 7) is 4.64. The molecular formula is C25H25NO2. The summed E-state index contributed by atoms with van der Waals surface area (Å²) in [5.74, 6) is -0.250. The summed E-state index contributed by atoms with van der Waals surface area (Å²) in [4.78, 5) is 12.8. The van der Waals surface area contributed by atoms with Gasteiger partial charge in [0, 0.05) is 23.3 Å². The molecule has 0 saturated carbocycles. The first kappa shape index (κ1) is 18.3. The van der Waals surface area contributed by atoms with Crippen LogP contribution in [0.1, 0.15) is 35.7 Å². The molecule has 142 valence electrons. The fourth-order valence-corrected chi connectivity index (χ4v) is 3.84. The maximum Gasteiger partial charge on any atom is 0.340 e. The van der Waals surface area contributed by atoms with Gasteiger partial charge in [-0.1, -0.05) is 67.4 Å². The van der Waals surface area contributed by atoms with Crippen LogP contribution in [0.3, 0.4) is 0 Å². The summed E-state index contributed by atoms with van der Waals surface area (Å²) in [7, 11) is 2.02. The third kappa shape index (κ3) is 3.07. The number of benzene rings is 3. The number of aryl methyl sites for hydroxylation is 2. The number of nitrogens with zero attached hydrogens (tertiary/aromatic N) is 1. The van der Waals surface area contributed by atoms with Gasteiger partial charge in [0.2, 0.25) is 0 Å². The van der Waals surface area contributed by atoms with Crippen LogP contribution < -0.4 is 0 Å². The zero-order valence-electron chi connectivity index (χ0n) is 16.7. The van der Waals surface area contributed by atoms with Crippen LogP contribution in [0, 0.1) is 6.92 Å². The van der Waals surface area contributed by atoms with Crippen molar-refractivity contribution in [3.8, 4) is 11.1 Å². The largest absolute Gasteiger partial charge is 0.462 e. The lowest BCUT2D eigenvalue weighted by molar-refractivity contribution is 0.0501. The Balaban J connectivity index is 1.98. The van der Waals surface area contributed by atoms with Gasteiger partial charge >= 0.3 is 5.97 Å². The number of hydrogen-bond acceptors (Lipinski definition) is 2. The molecule has 3 heteroatoms. The van der Waals surface area contributed by atoms with E-state index in [4.69, 9.17) is 4.74 Å². The molecule has 4 rings (SSSR count). The van der Waals surface area contributed by atoms with Crippen molar-refractivity contribution in [3.63, 3.8) is 0 Å². The molecule has 0 aliphatic rings. The Labute approximate surface area is 165 Å². The predicted molar refractivity (Wildman–Crippen MR) is 116 cm³/mol. The van der Waals surface area contributed by atoms with E-state index in [2.05, 4.69) is 60.9 Å². The molecule has 0 saturated heterocycles. The van der Waals surface area contributed by atoms with Gasteiger partial charge in [-0.3, -0.25) is 0 Å². The fourth-order valence-electron chi connectivity index (χ4n) is 3.84. The number of fused-ring (bicyclic) bond motifs is 3. The number of esters is 1. The van der Waals surface area contributed by atoms with Crippen molar-refractivity contribution in [2.24, 2.45) is 7.05 Å². The second-order valence-corrected chi connectivity index (χ2v) is 7.32. The number of unbranched alkanes of at least 4 members (excludes halogenated alkanes) is 1. The van der Waals surface area contributed by atoms with Gasteiger partial charge in [0.15, 0.2) is 0 Å². The molecule has 3 nitrogen and oxygen atoms in total. The van der Waals surface area contributed by atoms with E-state index in [1.165, 1.54) is 5.56 Å². The van der Waals surface area contributed by atoms with Gasteiger partial charge in [-0.2, -0.15) is 0 Å². The van der Waals surface area contributed by atoms with E-state index >= 15 is 0 Å². The van der Waals surface area contributed by atoms with E-state index in [0.717, 1.165) is 45.8 Å². The molecule has 3 aromatic carbocycles. The molecule has 0 fully saturated rings. The van der Waals surface area contributed by atoms with E-state index in [1.54, 1.807) is 0 Å². The Kier molecular flexibility index (Phi) is 4.91. The van der Waals surface area contributed by atoms with Gasteiger partial charge in [0.1, 0.15) is 0 Å². The third-order valence-corrected chi connectivity index (χ3v) is 5.36. The van der Waals surface area contributed by atoms with Crippen molar-refractivity contribution in [1.82, 2.24) is 4.57 Å². The number of hydrogen-bond donors (Lipinski definition) is 0. The minimum absolute atomic E-state index is 0.250. The van der Waals surface area contributed by atoms with Crippen LogP contribution in [0.15, 0.2) is 60.7 Å². The summed E-state index contributed by atoms with van der Waals surface area (Å²) >= 11 is 0. The number of carbonyl (C=O) groups excluding carboxylic acids is 1. The summed E-state index contributed by atoms with van der Waals surface area (Å²) in [6, 6.07) is 20.8. The predicted octanol–water partition coefficient (Wildman–Crippen LogP) is 6.26. The average Bonchev–Trinajstić information content (AvgIpc) is 3.02. The first-order chi connectivity index (χ1) is 13.6. The van der Waals surface area contributed by atoms with E-state index in [1.807, 2.05) is 25.2 Å². The summed E-state index contributed by atoms with van der Waals surface area (Å²) in [5.41, 5.74) is 6.19. The second kappa shape index (κ2) is 7.51. The molecule has 1 aromatic heterocycles. The van der Waals surface area contributed by atoms with Gasteiger partial charge < -0.3 is 9.30 Å². The number of para-hydroxylation sites is 1. The fraction of sp³-hybridized carbons (Fsp3) is 0.240. The van der Waals surface area contributed by atoms with Crippen molar-refractivity contribution >= 4 is 27.8 Å². The maximum absolute atomic E-state index is 12.8. The van der Waals surface area contributed by atoms with Crippen LogP contribution in [0.4, 0.5) is 0 Å². The lowest BCUT2D eigenvalue weighted by atomic mass is 9.96. The van der Waals surface area contributed by atoms with E-state index in [0.29, 0.717) is 12.2 Å². The van der Waals surface area contributed by atoms with Crippen molar-refractivity contribution in [1.29, 1.82) is 0 Å². The zero-order chi connectivity index (χ0) is 19.7. The maximum atomic E-state index is 12.8. The first-order valence-electron chi connectivity index (χ1n) is 9.86. The standard InChI is InChI=1S/C25H25NO2/c1-4-5-16-28-25(27)21-15-14-19(18-12-10-17(2)11-13-18)23-20-8-6-7-9-22(20)26(3)24(21)23/h6-15H,4-5,16H2,1-3H3. The highest BCUT2D eigenvalue weighted by atomic mass is 16.5. The van der Waals surface area contributed by atoms with Crippen LogP contribution in [0.5, 0.6) is 0 Å². The molecule has 0 spiro atoms. The summed E-state index contributed by atoms with van der Waals surface area (Å²) < 4.78 is 7.65. The SMILES string of the molecule is CCCCOC(=O)c1ccc(-c2ccc(C)cc2)c2c3ccccc3n(C)c12. The molecule has 0 radical (unpaired) electrons. The molecule has 0 aliphatic heterocycles. The summed E-state index contributed by atoms with van der Waals surface area (Å²) in [5, 5.41) is 2.26. The molecule has 4 aromatic rings. The average molecular weight is 371 g/mol. The van der Waals surface area contributed by atoms with E-state index in [9.17, 15) is 4.79 Å². The van der Waals surface area contributed by atoms with Gasteiger partial charge in [-0.15, -0.1) is 0 Å². The van der Waals surface area contributed by atoms with E-state index < -0.39 is 0 Å². The van der Waals surface area contributed by atoms with Crippen LogP contribution in [-0.4, -0.2) is 17.1 Å². The van der Waals surface area contributed by atoms with Gasteiger partial charge in [-0.05, 0) is 36.6 Å². The van der Waals surface area contributed by atoms with Crippen molar-refractivity contribution in [3.05, 3.63) is 71.8 Å². The van der Waals surface area contributed by atoms with Crippen LogP contribution in [0.25, 0.3) is 32.9 Å². The number of ether oxygens (including phenoxy) is 1. The number of carbonyl (C=O) groups is 1. The first-order valence-corrected chi connectivity index (χ1v) is 9.86. The Morgan fingerprint density at radius 3 is 2.50 bits per heavy atom. The highest BCUT2D eigenvalue weighted by Crippen LogP contribution is 2.38. The van der Waals surface area contributed by atoms with Crippen LogP contribution in [-0.2, 0) is 11.8 Å². The topological polar surface area (TPSA) is 31.2 Å². The molecule has 0 bridgehead atoms. The van der Waals surface area contributed by atoms with Crippen molar-refractivity contribution in [2.45, 2.75) is 26.7 Å². The monoisotopic (exact) mass is 371 g/mol. The smallest absolute Gasteiger partial charge is 0.340 e. The zero-order valence-corrected chi connectivity index (χ0v) is 16.7. The van der Waals surface area contributed by atoms with Gasteiger partial charge in [-0.25, -0.2) is 4.79 Å². The molecule has 0 atom stereocenters. The van der Waals surface area contributed by atoms with Crippen molar-refractivity contribution < 1.29 is 9.53 Å². The molecule has 0 N–H and O–H groups in total. The minimum atomic E-state index is -0.250. The highest BCUT2D eigenvalue weighted by Gasteiger charge is 2.20. The molecule has 0 unspecified atom stereocenters. The Hall–Kier alpha value is -3.07. The van der Waals surface area contributed by atoms with Gasteiger partial charge in [0.05, 0.1) is 17.7 Å². The number of rotatable bonds is 5. The minimum Gasteiger partial charge on any atom is -0.462 e. The molecule has 0 aliphatic carbocycles. The van der Waals surface area contributed by atoms with Gasteiger partial charge in [0.25, 0.3) is 0 Å².